The molecule has 3 N–H and O–H groups in total. The summed E-state index contributed by atoms with van der Waals surface area (Å²) in [6.07, 6.45) is 0. The smallest absolute Gasteiger partial charge is 0.0447 e. The van der Waals surface area contributed by atoms with Crippen molar-refractivity contribution in [3.05, 3.63) is 57.2 Å². The summed E-state index contributed by atoms with van der Waals surface area (Å²) < 4.78 is 0. The van der Waals surface area contributed by atoms with Crippen LogP contribution >= 0.6 is 22.9 Å². The van der Waals surface area contributed by atoms with Gasteiger partial charge in [0.2, 0.25) is 0 Å². The fourth-order valence-corrected chi connectivity index (χ4v) is 2.45. The molecule has 0 bridgehead atoms. The Hall–Kier alpha value is -0.870. The van der Waals surface area contributed by atoms with Crippen LogP contribution < -0.4 is 11.1 Å². The molecule has 0 amide bonds. The van der Waals surface area contributed by atoms with Crippen molar-refractivity contribution in [3.63, 3.8) is 0 Å². The second kappa shape index (κ2) is 6.17. The van der Waals surface area contributed by atoms with Crippen molar-refractivity contribution < 1.29 is 0 Å². The molecule has 0 aliphatic carbocycles. The topological polar surface area (TPSA) is 38.0 Å². The van der Waals surface area contributed by atoms with Crippen LogP contribution in [0.25, 0.3) is 0 Å². The highest BCUT2D eigenvalue weighted by molar-refractivity contribution is 7.09. The molecule has 4 heteroatoms. The maximum Gasteiger partial charge on any atom is 0.0447 e. The van der Waals surface area contributed by atoms with Crippen molar-refractivity contribution in [1.82, 2.24) is 5.32 Å². The quantitative estimate of drug-likeness (QED) is 0.872. The zero-order chi connectivity index (χ0) is 12.1. The van der Waals surface area contributed by atoms with Gasteiger partial charge >= 0.3 is 0 Å². The molecule has 0 aliphatic heterocycles. The van der Waals surface area contributed by atoms with E-state index in [1.807, 2.05) is 24.3 Å². The first-order chi connectivity index (χ1) is 8.29. The van der Waals surface area contributed by atoms with Gasteiger partial charge in [0.1, 0.15) is 0 Å². The number of nitrogens with one attached hydrogen (secondary N) is 1. The summed E-state index contributed by atoms with van der Waals surface area (Å²) in [5, 5.41) is 6.28. The third-order valence-electron chi connectivity index (χ3n) is 2.61. The van der Waals surface area contributed by atoms with E-state index >= 15 is 0 Å². The fraction of sp³-hybridized carbons (Fsp3) is 0.231. The van der Waals surface area contributed by atoms with E-state index in [-0.39, 0.29) is 6.04 Å². The van der Waals surface area contributed by atoms with Crippen LogP contribution in [0.4, 0.5) is 0 Å². The summed E-state index contributed by atoms with van der Waals surface area (Å²) >= 11 is 7.62. The molecular weight excluding hydrogens is 252 g/mol. The van der Waals surface area contributed by atoms with Gasteiger partial charge in [-0.15, -0.1) is 11.3 Å². The summed E-state index contributed by atoms with van der Waals surface area (Å²) in [5.41, 5.74) is 6.96. The average Bonchev–Trinajstić information content (AvgIpc) is 2.85. The molecule has 0 saturated heterocycles. The average molecular weight is 267 g/mol. The van der Waals surface area contributed by atoms with Gasteiger partial charge in [0.25, 0.3) is 0 Å². The highest BCUT2D eigenvalue weighted by Crippen LogP contribution is 2.17. The molecule has 17 heavy (non-hydrogen) atoms. The van der Waals surface area contributed by atoms with E-state index in [2.05, 4.69) is 22.8 Å². The van der Waals surface area contributed by atoms with Crippen molar-refractivity contribution in [2.24, 2.45) is 5.73 Å². The summed E-state index contributed by atoms with van der Waals surface area (Å²) in [7, 11) is 0. The number of nitrogens with two attached hydrogens (primary N) is 1. The second-order valence-electron chi connectivity index (χ2n) is 3.80. The minimum Gasteiger partial charge on any atom is -0.329 e. The van der Waals surface area contributed by atoms with E-state index in [4.69, 9.17) is 17.3 Å². The molecule has 0 spiro atoms. The first kappa shape index (κ1) is 12.6. The van der Waals surface area contributed by atoms with Gasteiger partial charge in [-0.05, 0) is 29.1 Å². The van der Waals surface area contributed by atoms with E-state index in [9.17, 15) is 0 Å². The zero-order valence-electron chi connectivity index (χ0n) is 9.40. The Morgan fingerprint density at radius 2 is 2.00 bits per heavy atom. The number of hydrogen-bond donors (Lipinski definition) is 2. The van der Waals surface area contributed by atoms with E-state index in [1.165, 1.54) is 10.4 Å². The van der Waals surface area contributed by atoms with E-state index in [0.29, 0.717) is 6.54 Å². The largest absolute Gasteiger partial charge is 0.329 e. The minimum atomic E-state index is 0.175. The summed E-state index contributed by atoms with van der Waals surface area (Å²) in [4.78, 5) is 1.32. The van der Waals surface area contributed by atoms with Crippen LogP contribution in [-0.4, -0.2) is 6.54 Å². The lowest BCUT2D eigenvalue weighted by Gasteiger charge is -2.16. The van der Waals surface area contributed by atoms with Crippen LogP contribution in [0.5, 0.6) is 0 Å². The monoisotopic (exact) mass is 266 g/mol. The molecule has 0 fully saturated rings. The van der Waals surface area contributed by atoms with Gasteiger partial charge in [0.05, 0.1) is 0 Å². The summed E-state index contributed by atoms with van der Waals surface area (Å²) in [5.74, 6) is 0. The van der Waals surface area contributed by atoms with Crippen molar-refractivity contribution in [1.29, 1.82) is 0 Å². The van der Waals surface area contributed by atoms with Crippen LogP contribution in [0.2, 0.25) is 5.02 Å². The van der Waals surface area contributed by atoms with Gasteiger partial charge in [-0.2, -0.15) is 0 Å². The lowest BCUT2D eigenvalue weighted by molar-refractivity contribution is 0.545. The van der Waals surface area contributed by atoms with Crippen LogP contribution in [0.1, 0.15) is 16.5 Å². The normalized spacial score (nSPS) is 12.6. The van der Waals surface area contributed by atoms with Crippen molar-refractivity contribution in [3.8, 4) is 0 Å². The zero-order valence-corrected chi connectivity index (χ0v) is 11.0. The van der Waals surface area contributed by atoms with Crippen LogP contribution in [0, 0.1) is 0 Å². The second-order valence-corrected chi connectivity index (χ2v) is 5.27. The molecule has 90 valence electrons. The Morgan fingerprint density at radius 3 is 2.59 bits per heavy atom. The molecule has 2 nitrogen and oxygen atoms in total. The van der Waals surface area contributed by atoms with Crippen LogP contribution in [0.15, 0.2) is 41.8 Å². The molecule has 0 radical (unpaired) electrons. The fourth-order valence-electron chi connectivity index (χ4n) is 1.67. The number of halogens is 1. The molecule has 1 aromatic carbocycles. The predicted molar refractivity (Wildman–Crippen MR) is 74.4 cm³/mol. The van der Waals surface area contributed by atoms with Gasteiger partial charge in [-0.25, -0.2) is 0 Å². The van der Waals surface area contributed by atoms with Gasteiger partial charge in [-0.1, -0.05) is 29.8 Å². The Kier molecular flexibility index (Phi) is 4.57. The van der Waals surface area contributed by atoms with E-state index in [0.717, 1.165) is 11.6 Å². The predicted octanol–water partition coefficient (Wildman–Crippen LogP) is 3.19. The molecule has 0 aliphatic rings. The molecule has 2 aromatic rings. The molecule has 2 rings (SSSR count). The third kappa shape index (κ3) is 3.54. The summed E-state index contributed by atoms with van der Waals surface area (Å²) in [6.45, 7) is 1.43. The van der Waals surface area contributed by atoms with E-state index in [1.54, 1.807) is 11.3 Å². The van der Waals surface area contributed by atoms with E-state index < -0.39 is 0 Å². The maximum atomic E-state index is 5.87. The number of thiophene rings is 1. The van der Waals surface area contributed by atoms with Gasteiger partial charge in [0.15, 0.2) is 0 Å². The van der Waals surface area contributed by atoms with Gasteiger partial charge in [0, 0.05) is 29.0 Å². The Morgan fingerprint density at radius 1 is 1.24 bits per heavy atom. The SMILES string of the molecule is NCC(NCc1cccs1)c1ccc(Cl)cc1. The molecule has 0 saturated carbocycles. The lowest BCUT2D eigenvalue weighted by Crippen LogP contribution is -2.27. The molecule has 1 aromatic heterocycles. The Bertz CT molecular complexity index is 439. The molecule has 1 unspecified atom stereocenters. The molecule has 1 heterocycles. The van der Waals surface area contributed by atoms with Crippen molar-refractivity contribution in [2.45, 2.75) is 12.6 Å². The third-order valence-corrected chi connectivity index (χ3v) is 3.74. The molecular formula is C13H15ClN2S. The Labute approximate surface area is 110 Å². The number of rotatable bonds is 5. The first-order valence-corrected chi connectivity index (χ1v) is 6.76. The minimum absolute atomic E-state index is 0.175. The Balaban J connectivity index is 1.99. The lowest BCUT2D eigenvalue weighted by atomic mass is 10.1. The number of benzene rings is 1. The highest BCUT2D eigenvalue weighted by atomic mass is 35.5. The first-order valence-electron chi connectivity index (χ1n) is 5.51. The van der Waals surface area contributed by atoms with Crippen LogP contribution in [-0.2, 0) is 6.54 Å². The van der Waals surface area contributed by atoms with Crippen molar-refractivity contribution in [2.75, 3.05) is 6.54 Å². The van der Waals surface area contributed by atoms with Gasteiger partial charge in [-0.3, -0.25) is 0 Å². The highest BCUT2D eigenvalue weighted by Gasteiger charge is 2.08. The van der Waals surface area contributed by atoms with Gasteiger partial charge < -0.3 is 11.1 Å². The maximum absolute atomic E-state index is 5.87. The van der Waals surface area contributed by atoms with Crippen LogP contribution in [0.3, 0.4) is 0 Å². The van der Waals surface area contributed by atoms with Crippen molar-refractivity contribution >= 4 is 22.9 Å². The standard InChI is InChI=1S/C13H15ClN2S/c14-11-5-3-10(4-6-11)13(8-15)16-9-12-2-1-7-17-12/h1-7,13,16H,8-9,15H2. The molecule has 1 atom stereocenters. The summed E-state index contributed by atoms with van der Waals surface area (Å²) in [6, 6.07) is 12.2. The number of hydrogen-bond acceptors (Lipinski definition) is 3.